The molecule has 0 fully saturated rings. The fraction of sp³-hybridized carbons (Fsp3) is 0.583. The van der Waals surface area contributed by atoms with E-state index in [2.05, 4.69) is 9.97 Å². The monoisotopic (exact) mass is 270 g/mol. The van der Waals surface area contributed by atoms with Gasteiger partial charge in [0, 0.05) is 12.2 Å². The second-order valence-electron chi connectivity index (χ2n) is 3.94. The van der Waals surface area contributed by atoms with Gasteiger partial charge in [0.25, 0.3) is 0 Å². The molecule has 1 rings (SSSR count). The first kappa shape index (κ1) is 14.9. The van der Waals surface area contributed by atoms with E-state index in [4.69, 9.17) is 0 Å². The largest absolute Gasteiger partial charge is 0.478 e. The number of hydrogen-bond donors (Lipinski definition) is 2. The minimum Gasteiger partial charge on any atom is -0.478 e. The summed E-state index contributed by atoms with van der Waals surface area (Å²) in [5.74, 6) is 0.0470. The first-order valence-electron chi connectivity index (χ1n) is 5.91. The normalized spacial score (nSPS) is 12.4. The molecule has 0 aliphatic carbocycles. The van der Waals surface area contributed by atoms with Crippen molar-refractivity contribution in [3.8, 4) is 0 Å². The molecule has 0 spiro atoms. The Balaban J connectivity index is 3.05. The van der Waals surface area contributed by atoms with Crippen LogP contribution in [0.25, 0.3) is 0 Å². The number of carboxylic acids is 1. The SMILES string of the molecule is CCc1nc(C)c(C(=O)O)c(SCC(O)CC)n1. The Hall–Kier alpha value is -1.14. The lowest BCUT2D eigenvalue weighted by atomic mass is 10.2. The molecule has 1 atom stereocenters. The van der Waals surface area contributed by atoms with Crippen LogP contribution in [0.15, 0.2) is 5.03 Å². The standard InChI is InChI=1S/C12H18N2O3S/c1-4-8(15)6-18-11-10(12(16)17)7(3)13-9(5-2)14-11/h8,15H,4-6H2,1-3H3,(H,16,17). The predicted molar refractivity (Wildman–Crippen MR) is 70.1 cm³/mol. The van der Waals surface area contributed by atoms with Crippen LogP contribution in [0.4, 0.5) is 0 Å². The highest BCUT2D eigenvalue weighted by Crippen LogP contribution is 2.24. The molecule has 0 aromatic carbocycles. The van der Waals surface area contributed by atoms with E-state index in [-0.39, 0.29) is 5.56 Å². The number of hydrogen-bond acceptors (Lipinski definition) is 5. The topological polar surface area (TPSA) is 83.3 Å². The average molecular weight is 270 g/mol. The van der Waals surface area contributed by atoms with Gasteiger partial charge in [-0.05, 0) is 13.3 Å². The number of carboxylic acid groups (broad SMARTS) is 1. The first-order chi connectivity index (χ1) is 8.49. The number of thioether (sulfide) groups is 1. The third-order valence-electron chi connectivity index (χ3n) is 2.52. The summed E-state index contributed by atoms with van der Waals surface area (Å²) >= 11 is 1.27. The summed E-state index contributed by atoms with van der Waals surface area (Å²) < 4.78 is 0. The number of aromatic nitrogens is 2. The molecule has 0 radical (unpaired) electrons. The maximum Gasteiger partial charge on any atom is 0.340 e. The lowest BCUT2D eigenvalue weighted by Crippen LogP contribution is -2.12. The summed E-state index contributed by atoms with van der Waals surface area (Å²) in [5.41, 5.74) is 0.614. The minimum absolute atomic E-state index is 0.139. The number of nitrogens with zero attached hydrogens (tertiary/aromatic N) is 2. The van der Waals surface area contributed by atoms with Crippen molar-refractivity contribution < 1.29 is 15.0 Å². The Morgan fingerprint density at radius 3 is 2.56 bits per heavy atom. The van der Waals surface area contributed by atoms with Crippen LogP contribution in [-0.4, -0.2) is 38.0 Å². The van der Waals surface area contributed by atoms with Crippen LogP contribution in [0.2, 0.25) is 0 Å². The summed E-state index contributed by atoms with van der Waals surface area (Å²) in [7, 11) is 0. The van der Waals surface area contributed by atoms with Crippen molar-refractivity contribution in [1.82, 2.24) is 9.97 Å². The second-order valence-corrected chi connectivity index (χ2v) is 4.95. The van der Waals surface area contributed by atoms with Gasteiger partial charge in [-0.1, -0.05) is 13.8 Å². The summed E-state index contributed by atoms with van der Waals surface area (Å²) in [6.45, 7) is 5.47. The highest BCUT2D eigenvalue weighted by atomic mass is 32.2. The molecule has 0 saturated heterocycles. The molecule has 1 aromatic rings. The molecule has 18 heavy (non-hydrogen) atoms. The van der Waals surface area contributed by atoms with E-state index < -0.39 is 12.1 Å². The summed E-state index contributed by atoms with van der Waals surface area (Å²) in [6, 6.07) is 0. The number of aliphatic hydroxyl groups is 1. The van der Waals surface area contributed by atoms with Gasteiger partial charge < -0.3 is 10.2 Å². The highest BCUT2D eigenvalue weighted by molar-refractivity contribution is 7.99. The number of rotatable bonds is 6. The third-order valence-corrected chi connectivity index (χ3v) is 3.64. The summed E-state index contributed by atoms with van der Waals surface area (Å²) in [6.07, 6.45) is 0.849. The molecule has 1 unspecified atom stereocenters. The van der Waals surface area contributed by atoms with E-state index in [0.717, 1.165) is 0 Å². The van der Waals surface area contributed by atoms with Crippen LogP contribution in [-0.2, 0) is 6.42 Å². The number of aryl methyl sites for hydroxylation is 2. The Morgan fingerprint density at radius 2 is 2.06 bits per heavy atom. The fourth-order valence-electron chi connectivity index (χ4n) is 1.40. The predicted octanol–water partition coefficient (Wildman–Crippen LogP) is 1.91. The second kappa shape index (κ2) is 6.70. The van der Waals surface area contributed by atoms with Gasteiger partial charge in [-0.25, -0.2) is 14.8 Å². The van der Waals surface area contributed by atoms with Crippen molar-refractivity contribution >= 4 is 17.7 Å². The molecule has 5 nitrogen and oxygen atoms in total. The number of aliphatic hydroxyl groups excluding tert-OH is 1. The van der Waals surface area contributed by atoms with Gasteiger partial charge in [-0.3, -0.25) is 0 Å². The molecule has 100 valence electrons. The molecule has 1 aromatic heterocycles. The van der Waals surface area contributed by atoms with Crippen LogP contribution in [0.5, 0.6) is 0 Å². The van der Waals surface area contributed by atoms with E-state index in [0.29, 0.717) is 35.1 Å². The first-order valence-corrected chi connectivity index (χ1v) is 6.89. The Kier molecular flexibility index (Phi) is 5.55. The van der Waals surface area contributed by atoms with E-state index in [1.165, 1.54) is 11.8 Å². The van der Waals surface area contributed by atoms with Gasteiger partial charge in [0.05, 0.1) is 11.8 Å². The van der Waals surface area contributed by atoms with Crippen molar-refractivity contribution in [3.63, 3.8) is 0 Å². The van der Waals surface area contributed by atoms with Crippen LogP contribution in [0, 0.1) is 6.92 Å². The zero-order valence-electron chi connectivity index (χ0n) is 10.8. The fourth-order valence-corrected chi connectivity index (χ4v) is 2.54. The molecular weight excluding hydrogens is 252 g/mol. The molecular formula is C12H18N2O3S. The Morgan fingerprint density at radius 1 is 1.39 bits per heavy atom. The van der Waals surface area contributed by atoms with Crippen LogP contribution in [0.1, 0.15) is 42.1 Å². The Bertz CT molecular complexity index is 438. The average Bonchev–Trinajstić information content (AvgIpc) is 2.34. The van der Waals surface area contributed by atoms with Gasteiger partial charge >= 0.3 is 5.97 Å². The van der Waals surface area contributed by atoms with E-state index in [1.54, 1.807) is 6.92 Å². The third kappa shape index (κ3) is 3.68. The minimum atomic E-state index is -1.02. The zero-order valence-corrected chi connectivity index (χ0v) is 11.6. The number of carbonyl (C=O) groups is 1. The van der Waals surface area contributed by atoms with Crippen LogP contribution in [0.3, 0.4) is 0 Å². The maximum absolute atomic E-state index is 11.2. The molecule has 0 aliphatic heterocycles. The van der Waals surface area contributed by atoms with Gasteiger partial charge in [-0.15, -0.1) is 11.8 Å². The van der Waals surface area contributed by atoms with Gasteiger partial charge in [0.1, 0.15) is 16.4 Å². The van der Waals surface area contributed by atoms with Crippen LogP contribution < -0.4 is 0 Å². The lowest BCUT2D eigenvalue weighted by Gasteiger charge is -2.11. The van der Waals surface area contributed by atoms with Crippen molar-refractivity contribution in [2.75, 3.05) is 5.75 Å². The van der Waals surface area contributed by atoms with Gasteiger partial charge in [-0.2, -0.15) is 0 Å². The maximum atomic E-state index is 11.2. The smallest absolute Gasteiger partial charge is 0.340 e. The number of aromatic carboxylic acids is 1. The lowest BCUT2D eigenvalue weighted by molar-refractivity contribution is 0.0690. The zero-order chi connectivity index (χ0) is 13.7. The molecule has 1 heterocycles. The van der Waals surface area contributed by atoms with Gasteiger partial charge in [0.15, 0.2) is 0 Å². The van der Waals surface area contributed by atoms with E-state index in [9.17, 15) is 15.0 Å². The van der Waals surface area contributed by atoms with Gasteiger partial charge in [0.2, 0.25) is 0 Å². The summed E-state index contributed by atoms with van der Waals surface area (Å²) in [4.78, 5) is 19.6. The quantitative estimate of drug-likeness (QED) is 0.607. The molecule has 0 saturated carbocycles. The van der Waals surface area contributed by atoms with E-state index >= 15 is 0 Å². The molecule has 0 aliphatic rings. The Labute approximate surface area is 111 Å². The van der Waals surface area contributed by atoms with Crippen molar-refractivity contribution in [2.24, 2.45) is 0 Å². The van der Waals surface area contributed by atoms with Crippen LogP contribution >= 0.6 is 11.8 Å². The molecule has 0 amide bonds. The van der Waals surface area contributed by atoms with E-state index in [1.807, 2.05) is 13.8 Å². The van der Waals surface area contributed by atoms with Crippen molar-refractivity contribution in [2.45, 2.75) is 44.7 Å². The highest BCUT2D eigenvalue weighted by Gasteiger charge is 2.18. The summed E-state index contributed by atoms with van der Waals surface area (Å²) in [5, 5.41) is 19.2. The van der Waals surface area contributed by atoms with Crippen molar-refractivity contribution in [3.05, 3.63) is 17.1 Å². The molecule has 6 heteroatoms. The van der Waals surface area contributed by atoms with Crippen molar-refractivity contribution in [1.29, 1.82) is 0 Å². The molecule has 0 bridgehead atoms. The molecule has 2 N–H and O–H groups in total.